The Bertz CT molecular complexity index is 570. The van der Waals surface area contributed by atoms with Gasteiger partial charge in [-0.05, 0) is 59.9 Å². The first-order valence-electron chi connectivity index (χ1n) is 4.31. The molecule has 2 rings (SSSR count). The van der Waals surface area contributed by atoms with Gasteiger partial charge in [0.2, 0.25) is 0 Å². The minimum atomic E-state index is -0.395. The van der Waals surface area contributed by atoms with Gasteiger partial charge in [-0.3, -0.25) is 4.79 Å². The van der Waals surface area contributed by atoms with E-state index in [0.717, 1.165) is 0 Å². The molecule has 0 atom stereocenters. The molecular formula is C9H4Br3N3O2. The van der Waals surface area contributed by atoms with Gasteiger partial charge >= 0.3 is 0 Å². The first-order valence-corrected chi connectivity index (χ1v) is 6.69. The monoisotopic (exact) mass is 423 g/mol. The standard InChI is InChI=1S/C9H4Br3N3O2/c10-5-3-13-8(7(12)14-5)15-9(16)4-1-2-6(11)17-4/h1-3H,(H,13,15,16). The van der Waals surface area contributed by atoms with Gasteiger partial charge in [-0.15, -0.1) is 0 Å². The van der Waals surface area contributed by atoms with Crippen LogP contribution in [-0.2, 0) is 0 Å². The molecule has 2 heterocycles. The fraction of sp³-hybridized carbons (Fsp3) is 0. The molecule has 0 unspecified atom stereocenters. The molecule has 1 N–H and O–H groups in total. The summed E-state index contributed by atoms with van der Waals surface area (Å²) in [7, 11) is 0. The van der Waals surface area contributed by atoms with Crippen LogP contribution in [-0.4, -0.2) is 15.9 Å². The summed E-state index contributed by atoms with van der Waals surface area (Å²) in [5.41, 5.74) is 0. The van der Waals surface area contributed by atoms with E-state index in [2.05, 4.69) is 63.1 Å². The highest BCUT2D eigenvalue weighted by Crippen LogP contribution is 2.21. The second kappa shape index (κ2) is 5.28. The molecule has 8 heteroatoms. The zero-order valence-electron chi connectivity index (χ0n) is 8.08. The van der Waals surface area contributed by atoms with E-state index in [4.69, 9.17) is 4.42 Å². The predicted molar refractivity (Wildman–Crippen MR) is 71.8 cm³/mol. The second-order valence-electron chi connectivity index (χ2n) is 2.89. The molecule has 0 aromatic carbocycles. The fourth-order valence-electron chi connectivity index (χ4n) is 1.04. The molecule has 0 bridgehead atoms. The smallest absolute Gasteiger partial charge is 0.292 e. The van der Waals surface area contributed by atoms with Gasteiger partial charge in [0.15, 0.2) is 16.2 Å². The van der Waals surface area contributed by atoms with Crippen LogP contribution < -0.4 is 5.32 Å². The minimum absolute atomic E-state index is 0.188. The number of carbonyl (C=O) groups is 1. The van der Waals surface area contributed by atoms with Crippen LogP contribution in [0.1, 0.15) is 10.6 Å². The number of hydrogen-bond acceptors (Lipinski definition) is 4. The van der Waals surface area contributed by atoms with Crippen LogP contribution in [0, 0.1) is 0 Å². The quantitative estimate of drug-likeness (QED) is 0.798. The number of amides is 1. The van der Waals surface area contributed by atoms with E-state index < -0.39 is 5.91 Å². The molecule has 0 aliphatic carbocycles. The summed E-state index contributed by atoms with van der Waals surface area (Å²) in [6.45, 7) is 0. The van der Waals surface area contributed by atoms with E-state index in [1.807, 2.05) is 0 Å². The number of hydrogen-bond donors (Lipinski definition) is 1. The molecule has 0 saturated heterocycles. The van der Waals surface area contributed by atoms with Gasteiger partial charge < -0.3 is 9.73 Å². The number of carbonyl (C=O) groups excluding carboxylic acids is 1. The number of anilines is 1. The van der Waals surface area contributed by atoms with E-state index in [0.29, 0.717) is 19.7 Å². The summed E-state index contributed by atoms with van der Waals surface area (Å²) in [6, 6.07) is 3.19. The highest BCUT2D eigenvalue weighted by atomic mass is 79.9. The molecule has 1 amide bonds. The van der Waals surface area contributed by atoms with Crippen LogP contribution in [0.15, 0.2) is 36.6 Å². The lowest BCUT2D eigenvalue weighted by molar-refractivity contribution is 0.0995. The molecule has 0 fully saturated rings. The number of nitrogens with zero attached hydrogens (tertiary/aromatic N) is 2. The van der Waals surface area contributed by atoms with Crippen molar-refractivity contribution in [2.45, 2.75) is 0 Å². The van der Waals surface area contributed by atoms with Crippen molar-refractivity contribution in [3.05, 3.63) is 38.0 Å². The highest BCUT2D eigenvalue weighted by Gasteiger charge is 2.13. The molecule has 0 radical (unpaired) electrons. The first kappa shape index (κ1) is 12.7. The molecule has 0 aliphatic heterocycles. The van der Waals surface area contributed by atoms with Crippen LogP contribution in [0.4, 0.5) is 5.82 Å². The van der Waals surface area contributed by atoms with Gasteiger partial charge in [-0.2, -0.15) is 0 Å². The maximum Gasteiger partial charge on any atom is 0.292 e. The van der Waals surface area contributed by atoms with Crippen LogP contribution in [0.2, 0.25) is 0 Å². The molecule has 0 spiro atoms. The maximum absolute atomic E-state index is 11.7. The maximum atomic E-state index is 11.7. The summed E-state index contributed by atoms with van der Waals surface area (Å²) < 4.78 is 6.61. The lowest BCUT2D eigenvalue weighted by Gasteiger charge is -2.03. The minimum Gasteiger partial charge on any atom is -0.444 e. The van der Waals surface area contributed by atoms with Crippen LogP contribution >= 0.6 is 47.8 Å². The Kier molecular flexibility index (Phi) is 3.95. The highest BCUT2D eigenvalue weighted by molar-refractivity contribution is 9.11. The van der Waals surface area contributed by atoms with Gasteiger partial charge in [0.05, 0.1) is 6.20 Å². The Labute approximate surface area is 121 Å². The van der Waals surface area contributed by atoms with Gasteiger partial charge in [-0.25, -0.2) is 9.97 Å². The summed E-state index contributed by atoms with van der Waals surface area (Å²) in [4.78, 5) is 19.8. The Morgan fingerprint density at radius 2 is 2.06 bits per heavy atom. The van der Waals surface area contributed by atoms with Crippen molar-refractivity contribution < 1.29 is 9.21 Å². The van der Waals surface area contributed by atoms with Crippen molar-refractivity contribution in [3.63, 3.8) is 0 Å². The second-order valence-corrected chi connectivity index (χ2v) is 5.24. The average Bonchev–Trinajstić information content (AvgIpc) is 2.69. The lowest BCUT2D eigenvalue weighted by Crippen LogP contribution is -2.12. The van der Waals surface area contributed by atoms with Crippen LogP contribution in [0.3, 0.4) is 0 Å². The SMILES string of the molecule is O=C(Nc1ncc(Br)nc1Br)c1ccc(Br)o1. The summed E-state index contributed by atoms with van der Waals surface area (Å²) in [5.74, 6) is 0.118. The van der Waals surface area contributed by atoms with Crippen molar-refractivity contribution in [3.8, 4) is 0 Å². The van der Waals surface area contributed by atoms with Gasteiger partial charge in [0.25, 0.3) is 5.91 Å². The molecule has 2 aromatic heterocycles. The Hall–Kier alpha value is -0.730. The van der Waals surface area contributed by atoms with Gasteiger partial charge in [0.1, 0.15) is 9.21 Å². The number of aromatic nitrogens is 2. The van der Waals surface area contributed by atoms with Crippen LogP contribution in [0.5, 0.6) is 0 Å². The Morgan fingerprint density at radius 1 is 1.29 bits per heavy atom. The average molecular weight is 426 g/mol. The Balaban J connectivity index is 2.18. The normalized spacial score (nSPS) is 10.3. The topological polar surface area (TPSA) is 68.0 Å². The summed E-state index contributed by atoms with van der Waals surface area (Å²) in [5, 5.41) is 2.57. The van der Waals surface area contributed by atoms with E-state index in [-0.39, 0.29) is 5.76 Å². The van der Waals surface area contributed by atoms with E-state index in [1.54, 1.807) is 12.1 Å². The molecular weight excluding hydrogens is 422 g/mol. The third-order valence-corrected chi connectivity index (χ3v) is 3.09. The third-order valence-electron chi connectivity index (χ3n) is 1.73. The van der Waals surface area contributed by atoms with Crippen molar-refractivity contribution in [2.75, 3.05) is 5.32 Å². The predicted octanol–water partition coefficient (Wildman–Crippen LogP) is 3.61. The van der Waals surface area contributed by atoms with Gasteiger partial charge in [0, 0.05) is 0 Å². The van der Waals surface area contributed by atoms with Crippen LogP contribution in [0.25, 0.3) is 0 Å². The summed E-state index contributed by atoms with van der Waals surface area (Å²) >= 11 is 9.48. The van der Waals surface area contributed by atoms with Gasteiger partial charge in [-0.1, -0.05) is 0 Å². The molecule has 2 aromatic rings. The molecule has 88 valence electrons. The molecule has 5 nitrogen and oxygen atoms in total. The molecule has 0 saturated carbocycles. The largest absolute Gasteiger partial charge is 0.444 e. The van der Waals surface area contributed by atoms with E-state index in [9.17, 15) is 4.79 Å². The lowest BCUT2D eigenvalue weighted by atomic mass is 10.4. The van der Waals surface area contributed by atoms with Crippen molar-refractivity contribution in [2.24, 2.45) is 0 Å². The Morgan fingerprint density at radius 3 is 2.65 bits per heavy atom. The fourth-order valence-corrected chi connectivity index (χ4v) is 2.25. The number of halogens is 3. The molecule has 17 heavy (non-hydrogen) atoms. The van der Waals surface area contributed by atoms with E-state index >= 15 is 0 Å². The van der Waals surface area contributed by atoms with Crippen molar-refractivity contribution in [1.29, 1.82) is 0 Å². The first-order chi connectivity index (χ1) is 8.06. The van der Waals surface area contributed by atoms with Crippen molar-refractivity contribution >= 4 is 59.5 Å². The van der Waals surface area contributed by atoms with E-state index in [1.165, 1.54) is 6.20 Å². The third kappa shape index (κ3) is 3.14. The van der Waals surface area contributed by atoms with Crippen molar-refractivity contribution in [1.82, 2.24) is 9.97 Å². The zero-order chi connectivity index (χ0) is 12.4. The number of rotatable bonds is 2. The number of furan rings is 1. The summed E-state index contributed by atoms with van der Waals surface area (Å²) in [6.07, 6.45) is 1.48. The molecule has 0 aliphatic rings. The zero-order valence-corrected chi connectivity index (χ0v) is 12.8. The number of nitrogens with one attached hydrogen (secondary N) is 1.